The minimum atomic E-state index is -0.0694. The molecule has 5 heteroatoms. The number of hydrogen-bond donors (Lipinski definition) is 3. The van der Waals surface area contributed by atoms with Crippen LogP contribution in [0.1, 0.15) is 21.6 Å². The largest absolute Gasteiger partial charge is 0.396 e. The number of hydrogen-bond acceptors (Lipinski definition) is 4. The molecular formula is C16H20N4O. The zero-order chi connectivity index (χ0) is 15.2. The number of benzene rings is 1. The predicted octanol–water partition coefficient (Wildman–Crippen LogP) is 2.12. The van der Waals surface area contributed by atoms with E-state index in [0.717, 1.165) is 11.3 Å². The summed E-state index contributed by atoms with van der Waals surface area (Å²) in [6.45, 7) is 4.90. The molecule has 1 aromatic heterocycles. The van der Waals surface area contributed by atoms with E-state index in [1.807, 2.05) is 50.2 Å². The van der Waals surface area contributed by atoms with Crippen molar-refractivity contribution < 1.29 is 4.79 Å². The van der Waals surface area contributed by atoms with Crippen molar-refractivity contribution in [3.8, 4) is 0 Å². The molecule has 2 rings (SSSR count). The molecule has 2 aromatic rings. The molecule has 0 unspecified atom stereocenters. The highest BCUT2D eigenvalue weighted by Gasteiger charge is 2.07. The third kappa shape index (κ3) is 3.95. The molecule has 1 amide bonds. The van der Waals surface area contributed by atoms with Gasteiger partial charge in [-0.15, -0.1) is 0 Å². The number of carbonyl (C=O) groups excluding carboxylic acids is 1. The molecule has 0 aliphatic carbocycles. The van der Waals surface area contributed by atoms with Crippen LogP contribution in [0, 0.1) is 13.8 Å². The first-order chi connectivity index (χ1) is 10.1. The van der Waals surface area contributed by atoms with Crippen LogP contribution in [-0.4, -0.2) is 24.0 Å². The molecule has 0 aliphatic rings. The second kappa shape index (κ2) is 6.74. The number of nitrogens with zero attached hydrogens (tertiary/aromatic N) is 1. The maximum Gasteiger partial charge on any atom is 0.251 e. The lowest BCUT2D eigenvalue weighted by molar-refractivity contribution is 0.0954. The fourth-order valence-electron chi connectivity index (χ4n) is 1.99. The molecule has 0 spiro atoms. The van der Waals surface area contributed by atoms with Crippen LogP contribution in [0.25, 0.3) is 0 Å². The second-order valence-corrected chi connectivity index (χ2v) is 4.89. The van der Waals surface area contributed by atoms with Gasteiger partial charge in [0.05, 0.1) is 5.69 Å². The molecule has 1 aromatic carbocycles. The van der Waals surface area contributed by atoms with E-state index < -0.39 is 0 Å². The fourth-order valence-corrected chi connectivity index (χ4v) is 1.99. The van der Waals surface area contributed by atoms with Crippen molar-refractivity contribution in [3.63, 3.8) is 0 Å². The Morgan fingerprint density at radius 3 is 2.67 bits per heavy atom. The molecule has 1 heterocycles. The highest BCUT2D eigenvalue weighted by Crippen LogP contribution is 2.14. The van der Waals surface area contributed by atoms with Crippen LogP contribution in [0.15, 0.2) is 36.4 Å². The van der Waals surface area contributed by atoms with E-state index in [1.54, 1.807) is 0 Å². The van der Waals surface area contributed by atoms with Gasteiger partial charge in [-0.2, -0.15) is 0 Å². The highest BCUT2D eigenvalue weighted by molar-refractivity contribution is 5.95. The summed E-state index contributed by atoms with van der Waals surface area (Å²) in [5.41, 5.74) is 9.00. The molecule has 0 aliphatic heterocycles. The molecular weight excluding hydrogens is 264 g/mol. The van der Waals surface area contributed by atoms with Crippen molar-refractivity contribution in [2.75, 3.05) is 24.1 Å². The highest BCUT2D eigenvalue weighted by atomic mass is 16.1. The van der Waals surface area contributed by atoms with Crippen molar-refractivity contribution >= 4 is 17.4 Å². The molecule has 21 heavy (non-hydrogen) atoms. The summed E-state index contributed by atoms with van der Waals surface area (Å²) >= 11 is 0. The number of nitrogens with one attached hydrogen (secondary N) is 2. The summed E-state index contributed by atoms with van der Waals surface area (Å²) in [6, 6.07) is 11.2. The second-order valence-electron chi connectivity index (χ2n) is 4.89. The van der Waals surface area contributed by atoms with Gasteiger partial charge in [0, 0.05) is 24.3 Å². The Balaban J connectivity index is 1.84. The first-order valence-corrected chi connectivity index (χ1v) is 6.89. The first kappa shape index (κ1) is 14.8. The number of aryl methyl sites for hydroxylation is 2. The number of rotatable bonds is 5. The molecule has 0 fully saturated rings. The summed E-state index contributed by atoms with van der Waals surface area (Å²) in [6.07, 6.45) is 0. The van der Waals surface area contributed by atoms with Gasteiger partial charge in [0.1, 0.15) is 5.82 Å². The third-order valence-corrected chi connectivity index (χ3v) is 3.16. The van der Waals surface area contributed by atoms with E-state index in [2.05, 4.69) is 15.6 Å². The standard InChI is InChI=1S/C16H20N4O/c1-11-5-3-4-6-13(11)16(21)19-10-9-18-15-14(17)8-7-12(2)20-15/h3-8H,9-10,17H2,1-2H3,(H,18,20)(H,19,21). The van der Waals surface area contributed by atoms with Crippen LogP contribution >= 0.6 is 0 Å². The molecule has 4 N–H and O–H groups in total. The lowest BCUT2D eigenvalue weighted by Gasteiger charge is -2.10. The summed E-state index contributed by atoms with van der Waals surface area (Å²) in [5.74, 6) is 0.584. The molecule has 0 saturated heterocycles. The number of anilines is 2. The summed E-state index contributed by atoms with van der Waals surface area (Å²) in [7, 11) is 0. The Morgan fingerprint density at radius 1 is 1.14 bits per heavy atom. The smallest absolute Gasteiger partial charge is 0.251 e. The Morgan fingerprint density at radius 2 is 1.90 bits per heavy atom. The SMILES string of the molecule is Cc1ccc(N)c(NCCNC(=O)c2ccccc2C)n1. The number of amides is 1. The van der Waals surface area contributed by atoms with Crippen molar-refractivity contribution in [1.82, 2.24) is 10.3 Å². The topological polar surface area (TPSA) is 80.0 Å². The van der Waals surface area contributed by atoms with E-state index in [9.17, 15) is 4.79 Å². The molecule has 0 bridgehead atoms. The van der Waals surface area contributed by atoms with Gasteiger partial charge in [0.2, 0.25) is 0 Å². The van der Waals surface area contributed by atoms with E-state index >= 15 is 0 Å². The summed E-state index contributed by atoms with van der Waals surface area (Å²) in [4.78, 5) is 16.3. The molecule has 5 nitrogen and oxygen atoms in total. The Bertz CT molecular complexity index is 640. The Labute approximate surface area is 124 Å². The van der Waals surface area contributed by atoms with Crippen molar-refractivity contribution in [1.29, 1.82) is 0 Å². The molecule has 0 saturated carbocycles. The van der Waals surface area contributed by atoms with Gasteiger partial charge in [-0.3, -0.25) is 4.79 Å². The maximum absolute atomic E-state index is 12.0. The quantitative estimate of drug-likeness (QED) is 0.735. The van der Waals surface area contributed by atoms with Crippen LogP contribution in [0.3, 0.4) is 0 Å². The zero-order valence-corrected chi connectivity index (χ0v) is 12.3. The van der Waals surface area contributed by atoms with Crippen molar-refractivity contribution in [3.05, 3.63) is 53.2 Å². The van der Waals surface area contributed by atoms with E-state index in [0.29, 0.717) is 30.2 Å². The zero-order valence-electron chi connectivity index (χ0n) is 12.3. The van der Waals surface area contributed by atoms with Crippen LogP contribution in [0.4, 0.5) is 11.5 Å². The van der Waals surface area contributed by atoms with Gasteiger partial charge in [-0.05, 0) is 37.6 Å². The third-order valence-electron chi connectivity index (χ3n) is 3.16. The Hall–Kier alpha value is -2.56. The van der Waals surface area contributed by atoms with E-state index in [4.69, 9.17) is 5.73 Å². The molecule has 0 atom stereocenters. The average molecular weight is 284 g/mol. The van der Waals surface area contributed by atoms with Crippen molar-refractivity contribution in [2.24, 2.45) is 0 Å². The summed E-state index contributed by atoms with van der Waals surface area (Å²) < 4.78 is 0. The molecule has 0 radical (unpaired) electrons. The van der Waals surface area contributed by atoms with Crippen LogP contribution in [0.5, 0.6) is 0 Å². The number of pyridine rings is 1. The Kier molecular flexibility index (Phi) is 4.77. The van der Waals surface area contributed by atoms with Crippen LogP contribution < -0.4 is 16.4 Å². The van der Waals surface area contributed by atoms with Gasteiger partial charge >= 0.3 is 0 Å². The summed E-state index contributed by atoms with van der Waals surface area (Å²) in [5, 5.41) is 6.00. The number of aromatic nitrogens is 1. The lowest BCUT2D eigenvalue weighted by atomic mass is 10.1. The van der Waals surface area contributed by atoms with Gasteiger partial charge in [0.15, 0.2) is 0 Å². The lowest BCUT2D eigenvalue weighted by Crippen LogP contribution is -2.29. The van der Waals surface area contributed by atoms with Gasteiger partial charge in [0.25, 0.3) is 5.91 Å². The minimum absolute atomic E-state index is 0.0694. The van der Waals surface area contributed by atoms with Gasteiger partial charge in [-0.1, -0.05) is 18.2 Å². The predicted molar refractivity (Wildman–Crippen MR) is 85.4 cm³/mol. The van der Waals surface area contributed by atoms with E-state index in [1.165, 1.54) is 0 Å². The normalized spacial score (nSPS) is 10.2. The minimum Gasteiger partial charge on any atom is -0.396 e. The number of carbonyl (C=O) groups is 1. The number of nitrogens with two attached hydrogens (primary N) is 1. The number of nitrogen functional groups attached to an aromatic ring is 1. The average Bonchev–Trinajstić information content (AvgIpc) is 2.47. The fraction of sp³-hybridized carbons (Fsp3) is 0.250. The maximum atomic E-state index is 12.0. The molecule has 110 valence electrons. The first-order valence-electron chi connectivity index (χ1n) is 6.89. The van der Waals surface area contributed by atoms with E-state index in [-0.39, 0.29) is 5.91 Å². The van der Waals surface area contributed by atoms with Crippen LogP contribution in [0.2, 0.25) is 0 Å². The monoisotopic (exact) mass is 284 g/mol. The van der Waals surface area contributed by atoms with Gasteiger partial charge in [-0.25, -0.2) is 4.98 Å². The van der Waals surface area contributed by atoms with Crippen LogP contribution in [-0.2, 0) is 0 Å². The van der Waals surface area contributed by atoms with Gasteiger partial charge < -0.3 is 16.4 Å². The van der Waals surface area contributed by atoms with Crippen molar-refractivity contribution in [2.45, 2.75) is 13.8 Å².